The molecule has 0 bridgehead atoms. The van der Waals surface area contributed by atoms with E-state index >= 15 is 0 Å². The number of hydrogen-bond acceptors (Lipinski definition) is 5. The third-order valence-electron chi connectivity index (χ3n) is 3.20. The summed E-state index contributed by atoms with van der Waals surface area (Å²) in [5, 5.41) is 9.35. The normalized spacial score (nSPS) is 12.5. The molecule has 9 heteroatoms. The highest BCUT2D eigenvalue weighted by Crippen LogP contribution is 2.32. The van der Waals surface area contributed by atoms with Crippen molar-refractivity contribution in [1.82, 2.24) is 4.98 Å². The lowest BCUT2D eigenvalue weighted by molar-refractivity contribution is -0.139. The summed E-state index contributed by atoms with van der Waals surface area (Å²) < 4.78 is 58.5. The largest absolute Gasteiger partial charge is 0.462 e. The summed E-state index contributed by atoms with van der Waals surface area (Å²) >= 11 is 0. The summed E-state index contributed by atoms with van der Waals surface area (Å²) in [5.41, 5.74) is -2.64. The van der Waals surface area contributed by atoms with Gasteiger partial charge >= 0.3 is 12.1 Å². The van der Waals surface area contributed by atoms with E-state index in [0.717, 1.165) is 12.3 Å². The van der Waals surface area contributed by atoms with E-state index in [-0.39, 0.29) is 29.3 Å². The van der Waals surface area contributed by atoms with Crippen LogP contribution in [0.1, 0.15) is 6.92 Å². The number of pyridine rings is 1. The Morgan fingerprint density at radius 1 is 1.32 bits per heavy atom. The van der Waals surface area contributed by atoms with Crippen LogP contribution in [0.2, 0.25) is 0 Å². The average molecular weight is 355 g/mol. The smallest absolute Gasteiger partial charge is 0.432 e. The molecule has 0 fully saturated rings. The van der Waals surface area contributed by atoms with Gasteiger partial charge in [0.25, 0.3) is 0 Å². The zero-order valence-corrected chi connectivity index (χ0v) is 12.9. The molecule has 25 heavy (non-hydrogen) atoms. The number of benzene rings is 1. The van der Waals surface area contributed by atoms with E-state index < -0.39 is 29.2 Å². The van der Waals surface area contributed by atoms with Crippen LogP contribution in [-0.4, -0.2) is 30.0 Å². The Morgan fingerprint density at radius 3 is 2.64 bits per heavy atom. The number of hydrogen-bond donors (Lipinski definition) is 2. The van der Waals surface area contributed by atoms with Crippen LogP contribution < -0.4 is 5.32 Å². The fourth-order valence-electron chi connectivity index (χ4n) is 2.13. The zero-order valence-electron chi connectivity index (χ0n) is 12.9. The average Bonchev–Trinajstić information content (AvgIpc) is 2.55. The van der Waals surface area contributed by atoms with Crippen LogP contribution in [0.3, 0.4) is 0 Å². The fourth-order valence-corrected chi connectivity index (χ4v) is 2.13. The first-order valence-corrected chi connectivity index (χ1v) is 7.08. The number of aromatic nitrogens is 1. The van der Waals surface area contributed by atoms with Gasteiger partial charge in [0.05, 0.1) is 18.5 Å². The van der Waals surface area contributed by atoms with Gasteiger partial charge in [0.1, 0.15) is 17.1 Å². The molecule has 0 radical (unpaired) electrons. The Hall–Kier alpha value is -2.97. The number of nitrogens with one attached hydrogen (secondary N) is 2. The molecule has 0 unspecified atom stereocenters. The minimum absolute atomic E-state index is 0.0153. The first-order chi connectivity index (χ1) is 11.8. The maximum atomic E-state index is 13.8. The molecule has 2 rings (SSSR count). The predicted octanol–water partition coefficient (Wildman–Crippen LogP) is 3.81. The summed E-state index contributed by atoms with van der Waals surface area (Å²) in [6.45, 7) is 1.28. The first kappa shape index (κ1) is 18.4. The van der Waals surface area contributed by atoms with Crippen LogP contribution in [0, 0.1) is 11.2 Å². The molecular weight excluding hydrogens is 342 g/mol. The number of alkyl halides is 3. The summed E-state index contributed by atoms with van der Waals surface area (Å²) in [4.78, 5) is 15.4. The maximum Gasteiger partial charge on any atom is 0.432 e. The van der Waals surface area contributed by atoms with Crippen LogP contribution in [0.15, 0.2) is 41.9 Å². The summed E-state index contributed by atoms with van der Waals surface area (Å²) in [6, 6.07) is 3.89. The molecule has 0 atom stereocenters. The molecule has 1 aromatic carbocycles. The van der Waals surface area contributed by atoms with Crippen molar-refractivity contribution in [1.29, 1.82) is 5.41 Å². The lowest BCUT2D eigenvalue weighted by Gasteiger charge is -2.18. The lowest BCUT2D eigenvalue weighted by Crippen LogP contribution is -2.26. The molecule has 0 saturated carbocycles. The van der Waals surface area contributed by atoms with E-state index in [0.29, 0.717) is 0 Å². The van der Waals surface area contributed by atoms with Crippen LogP contribution in [-0.2, 0) is 9.53 Å². The highest BCUT2D eigenvalue weighted by Gasteiger charge is 2.39. The summed E-state index contributed by atoms with van der Waals surface area (Å²) in [6.07, 6.45) is -2.47. The van der Waals surface area contributed by atoms with E-state index in [1.807, 2.05) is 0 Å². The van der Waals surface area contributed by atoms with Crippen LogP contribution in [0.25, 0.3) is 10.8 Å². The Morgan fingerprint density at radius 2 is 2.04 bits per heavy atom. The van der Waals surface area contributed by atoms with Crippen LogP contribution >= 0.6 is 0 Å². The van der Waals surface area contributed by atoms with Gasteiger partial charge in [-0.15, -0.1) is 0 Å². The first-order valence-electron chi connectivity index (χ1n) is 7.08. The second-order valence-electron chi connectivity index (χ2n) is 4.80. The van der Waals surface area contributed by atoms with Crippen molar-refractivity contribution >= 4 is 28.6 Å². The topological polar surface area (TPSA) is 75.1 Å². The highest BCUT2D eigenvalue weighted by molar-refractivity contribution is 6.10. The quantitative estimate of drug-likeness (QED) is 0.370. The van der Waals surface area contributed by atoms with Gasteiger partial charge in [0.2, 0.25) is 0 Å². The molecule has 0 aliphatic rings. The molecule has 1 heterocycles. The highest BCUT2D eigenvalue weighted by atomic mass is 19.4. The molecule has 0 saturated heterocycles. The molecule has 0 spiro atoms. The number of rotatable bonds is 5. The van der Waals surface area contributed by atoms with Gasteiger partial charge in [-0.1, -0.05) is 12.1 Å². The number of allylic oxidation sites excluding steroid dienone is 1. The Labute approximate surface area is 139 Å². The van der Waals surface area contributed by atoms with Gasteiger partial charge in [-0.25, -0.2) is 9.18 Å². The molecule has 2 N–H and O–H groups in total. The molecule has 1 aromatic heterocycles. The zero-order chi connectivity index (χ0) is 18.6. The van der Waals surface area contributed by atoms with E-state index in [4.69, 9.17) is 5.41 Å². The van der Waals surface area contributed by atoms with Gasteiger partial charge in [0, 0.05) is 23.2 Å². The fraction of sp³-hybridized carbons (Fsp3) is 0.188. The van der Waals surface area contributed by atoms with Crippen molar-refractivity contribution in [3.05, 3.63) is 47.7 Å². The lowest BCUT2D eigenvalue weighted by atomic mass is 10.1. The number of fused-ring (bicyclic) bond motifs is 1. The monoisotopic (exact) mass is 355 g/mol. The number of esters is 1. The number of ether oxygens (including phenoxy) is 1. The van der Waals surface area contributed by atoms with Crippen molar-refractivity contribution in [3.63, 3.8) is 0 Å². The second-order valence-corrected chi connectivity index (χ2v) is 4.80. The molecule has 0 aliphatic carbocycles. The predicted molar refractivity (Wildman–Crippen MR) is 83.8 cm³/mol. The molecule has 2 aromatic rings. The van der Waals surface area contributed by atoms with Crippen molar-refractivity contribution < 1.29 is 27.1 Å². The minimum atomic E-state index is -4.98. The van der Waals surface area contributed by atoms with Gasteiger partial charge in [-0.2, -0.15) is 13.2 Å². The number of anilines is 1. The number of carbonyl (C=O) groups is 1. The van der Waals surface area contributed by atoms with Crippen LogP contribution in [0.5, 0.6) is 0 Å². The van der Waals surface area contributed by atoms with E-state index in [2.05, 4.69) is 15.0 Å². The Kier molecular flexibility index (Phi) is 5.35. The van der Waals surface area contributed by atoms with Gasteiger partial charge < -0.3 is 15.5 Å². The van der Waals surface area contributed by atoms with Crippen molar-refractivity contribution in [2.24, 2.45) is 0 Å². The van der Waals surface area contributed by atoms with Gasteiger partial charge in [0.15, 0.2) is 0 Å². The number of nitrogens with zero attached hydrogens (tertiary/aromatic N) is 1. The van der Waals surface area contributed by atoms with E-state index in [1.54, 1.807) is 0 Å². The SMILES string of the molecule is CCOC(=O)/C(C=N)=C(/Nc1cncc2c(F)cccc12)C(F)(F)F. The number of carbonyl (C=O) groups excluding carboxylic acids is 1. The standard InChI is InChI=1S/C16H13F4N3O2/c1-2-25-15(24)10(6-21)14(16(18,19)20)23-13-8-22-7-11-9(13)4-3-5-12(11)17/h3-8,21,23H,2H2,1H3/b14-10+,21-6?. The molecule has 0 amide bonds. The van der Waals surface area contributed by atoms with Gasteiger partial charge in [-0.3, -0.25) is 4.98 Å². The van der Waals surface area contributed by atoms with E-state index in [1.165, 1.54) is 25.3 Å². The Balaban J connectivity index is 2.61. The third kappa shape index (κ3) is 3.93. The summed E-state index contributed by atoms with van der Waals surface area (Å²) in [7, 11) is 0. The molecule has 0 aliphatic heterocycles. The third-order valence-corrected chi connectivity index (χ3v) is 3.20. The minimum Gasteiger partial charge on any atom is -0.462 e. The summed E-state index contributed by atoms with van der Waals surface area (Å²) in [5.74, 6) is -1.94. The van der Waals surface area contributed by atoms with Crippen molar-refractivity contribution in [2.75, 3.05) is 11.9 Å². The molecule has 132 valence electrons. The molecular formula is C16H13F4N3O2. The maximum absolute atomic E-state index is 13.8. The van der Waals surface area contributed by atoms with Gasteiger partial charge in [-0.05, 0) is 13.0 Å². The van der Waals surface area contributed by atoms with Crippen molar-refractivity contribution in [3.8, 4) is 0 Å². The van der Waals surface area contributed by atoms with E-state index in [9.17, 15) is 22.4 Å². The van der Waals surface area contributed by atoms with Crippen molar-refractivity contribution in [2.45, 2.75) is 13.1 Å². The number of halogens is 4. The van der Waals surface area contributed by atoms with Crippen LogP contribution in [0.4, 0.5) is 23.2 Å². The molecule has 5 nitrogen and oxygen atoms in total. The second kappa shape index (κ2) is 7.29. The Bertz CT molecular complexity index is 847.